The zero-order valence-corrected chi connectivity index (χ0v) is 13.2. The molecule has 2 atom stereocenters. The third-order valence-corrected chi connectivity index (χ3v) is 4.55. The lowest BCUT2D eigenvalue weighted by molar-refractivity contribution is -0.0690. The molecule has 0 spiro atoms. The number of ether oxygens (including phenoxy) is 1. The van der Waals surface area contributed by atoms with Crippen LogP contribution in [0.15, 0.2) is 35.2 Å². The highest BCUT2D eigenvalue weighted by Crippen LogP contribution is 2.27. The molecule has 2 aromatic rings. The first-order chi connectivity index (χ1) is 10.1. The van der Waals surface area contributed by atoms with E-state index in [-0.39, 0.29) is 18.1 Å². The predicted molar refractivity (Wildman–Crippen MR) is 85.1 cm³/mol. The summed E-state index contributed by atoms with van der Waals surface area (Å²) in [7, 11) is 0. The number of nitrogens with one attached hydrogen (secondary N) is 1. The molecular weight excluding hydrogens is 304 g/mol. The first-order valence-electron chi connectivity index (χ1n) is 6.79. The Labute approximate surface area is 132 Å². The van der Waals surface area contributed by atoms with E-state index in [0.717, 1.165) is 5.56 Å². The standard InChI is InChI=1S/C15H16N2O2S2/c1-10-7-17(8-13(19-10)11-4-6-21-9-11)15(18)12-3-2-5-16-14(12)20/h2-6,9-10,13H,7-8H2,1H3,(H,16,20)/t10-,13-/m0/s1. The molecule has 1 aliphatic heterocycles. The summed E-state index contributed by atoms with van der Waals surface area (Å²) in [5.41, 5.74) is 1.67. The van der Waals surface area contributed by atoms with Gasteiger partial charge in [0, 0.05) is 12.7 Å². The molecule has 0 aromatic carbocycles. The molecule has 1 aliphatic rings. The lowest BCUT2D eigenvalue weighted by Crippen LogP contribution is -2.46. The number of pyridine rings is 1. The first kappa shape index (κ1) is 14.4. The monoisotopic (exact) mass is 320 g/mol. The zero-order chi connectivity index (χ0) is 14.8. The van der Waals surface area contributed by atoms with Crippen LogP contribution in [-0.4, -0.2) is 35.0 Å². The van der Waals surface area contributed by atoms with E-state index in [9.17, 15) is 4.79 Å². The summed E-state index contributed by atoms with van der Waals surface area (Å²) in [6, 6.07) is 5.61. The number of aromatic nitrogens is 1. The summed E-state index contributed by atoms with van der Waals surface area (Å²) in [4.78, 5) is 17.4. The molecule has 0 bridgehead atoms. The number of nitrogens with zero attached hydrogens (tertiary/aromatic N) is 1. The van der Waals surface area contributed by atoms with E-state index in [2.05, 4.69) is 10.4 Å². The molecule has 1 fully saturated rings. The smallest absolute Gasteiger partial charge is 0.257 e. The van der Waals surface area contributed by atoms with Gasteiger partial charge in [-0.3, -0.25) is 4.79 Å². The summed E-state index contributed by atoms with van der Waals surface area (Å²) >= 11 is 6.84. The van der Waals surface area contributed by atoms with Gasteiger partial charge in [0.15, 0.2) is 0 Å². The zero-order valence-electron chi connectivity index (χ0n) is 11.6. The van der Waals surface area contributed by atoms with Gasteiger partial charge in [0.05, 0.1) is 18.2 Å². The Morgan fingerprint density at radius 3 is 3.05 bits per heavy atom. The van der Waals surface area contributed by atoms with Crippen molar-refractivity contribution in [3.63, 3.8) is 0 Å². The third kappa shape index (κ3) is 3.07. The largest absolute Gasteiger partial charge is 0.367 e. The van der Waals surface area contributed by atoms with Crippen molar-refractivity contribution in [1.29, 1.82) is 0 Å². The fourth-order valence-corrected chi connectivity index (χ4v) is 3.45. The average Bonchev–Trinajstić information content (AvgIpc) is 3.01. The topological polar surface area (TPSA) is 45.3 Å². The second-order valence-corrected chi connectivity index (χ2v) is 6.30. The van der Waals surface area contributed by atoms with Crippen LogP contribution in [0.5, 0.6) is 0 Å². The maximum atomic E-state index is 12.7. The summed E-state index contributed by atoms with van der Waals surface area (Å²) < 4.78 is 6.44. The Morgan fingerprint density at radius 1 is 1.48 bits per heavy atom. The predicted octanol–water partition coefficient (Wildman–Crippen LogP) is 3.41. The van der Waals surface area contributed by atoms with Crippen LogP contribution in [0.2, 0.25) is 0 Å². The van der Waals surface area contributed by atoms with Gasteiger partial charge in [-0.1, -0.05) is 12.2 Å². The number of aromatic amines is 1. The van der Waals surface area contributed by atoms with Crippen LogP contribution in [0.25, 0.3) is 0 Å². The van der Waals surface area contributed by atoms with Crippen molar-refractivity contribution in [3.8, 4) is 0 Å². The minimum Gasteiger partial charge on any atom is -0.367 e. The molecule has 21 heavy (non-hydrogen) atoms. The van der Waals surface area contributed by atoms with E-state index >= 15 is 0 Å². The summed E-state index contributed by atoms with van der Waals surface area (Å²) in [5.74, 6) is -0.0350. The number of hydrogen-bond acceptors (Lipinski definition) is 4. The maximum Gasteiger partial charge on any atom is 0.257 e. The highest BCUT2D eigenvalue weighted by atomic mass is 32.1. The quantitative estimate of drug-likeness (QED) is 0.863. The second kappa shape index (κ2) is 6.09. The number of carbonyl (C=O) groups is 1. The molecule has 1 amide bonds. The molecule has 0 aliphatic carbocycles. The maximum absolute atomic E-state index is 12.7. The summed E-state index contributed by atoms with van der Waals surface area (Å²) in [6.07, 6.45) is 1.67. The fraction of sp³-hybridized carbons (Fsp3) is 0.333. The number of carbonyl (C=O) groups excluding carboxylic acids is 1. The van der Waals surface area contributed by atoms with Gasteiger partial charge < -0.3 is 14.6 Å². The Morgan fingerprint density at radius 2 is 2.33 bits per heavy atom. The van der Waals surface area contributed by atoms with Crippen molar-refractivity contribution in [2.24, 2.45) is 0 Å². The molecular formula is C15H16N2O2S2. The minimum absolute atomic E-state index is 0.00821. The number of amides is 1. The molecule has 2 aromatic heterocycles. The Balaban J connectivity index is 1.83. The highest BCUT2D eigenvalue weighted by molar-refractivity contribution is 7.71. The van der Waals surface area contributed by atoms with E-state index in [4.69, 9.17) is 17.0 Å². The lowest BCUT2D eigenvalue weighted by atomic mass is 10.1. The molecule has 3 rings (SSSR count). The average molecular weight is 320 g/mol. The number of thiophene rings is 1. The molecule has 0 saturated carbocycles. The van der Waals surface area contributed by atoms with Crippen LogP contribution in [-0.2, 0) is 4.74 Å². The van der Waals surface area contributed by atoms with Gasteiger partial charge in [0.1, 0.15) is 10.7 Å². The molecule has 110 valence electrons. The van der Waals surface area contributed by atoms with E-state index in [0.29, 0.717) is 23.3 Å². The van der Waals surface area contributed by atoms with E-state index < -0.39 is 0 Å². The van der Waals surface area contributed by atoms with E-state index in [1.807, 2.05) is 23.3 Å². The van der Waals surface area contributed by atoms with Gasteiger partial charge in [-0.2, -0.15) is 11.3 Å². The molecule has 4 nitrogen and oxygen atoms in total. The van der Waals surface area contributed by atoms with Gasteiger partial charge >= 0.3 is 0 Å². The van der Waals surface area contributed by atoms with Crippen LogP contribution in [0.3, 0.4) is 0 Å². The van der Waals surface area contributed by atoms with Crippen molar-refractivity contribution in [2.75, 3.05) is 13.1 Å². The number of rotatable bonds is 2. The normalized spacial score (nSPS) is 22.2. The second-order valence-electron chi connectivity index (χ2n) is 5.12. The minimum atomic E-state index is -0.0646. The van der Waals surface area contributed by atoms with Gasteiger partial charge in [0.25, 0.3) is 5.91 Å². The van der Waals surface area contributed by atoms with E-state index in [1.54, 1.807) is 29.7 Å². The van der Waals surface area contributed by atoms with Crippen molar-refractivity contribution >= 4 is 29.5 Å². The molecule has 1 N–H and O–H groups in total. The Bertz CT molecular complexity index is 681. The summed E-state index contributed by atoms with van der Waals surface area (Å²) in [6.45, 7) is 3.14. The first-order valence-corrected chi connectivity index (χ1v) is 8.15. The third-order valence-electron chi connectivity index (χ3n) is 3.51. The van der Waals surface area contributed by atoms with Crippen LogP contribution >= 0.6 is 23.6 Å². The van der Waals surface area contributed by atoms with Gasteiger partial charge in [-0.05, 0) is 41.4 Å². The number of morpholine rings is 1. The lowest BCUT2D eigenvalue weighted by Gasteiger charge is -2.36. The fourth-order valence-electron chi connectivity index (χ4n) is 2.52. The van der Waals surface area contributed by atoms with Crippen LogP contribution in [0.1, 0.15) is 28.9 Å². The van der Waals surface area contributed by atoms with Crippen molar-refractivity contribution in [3.05, 3.63) is 50.9 Å². The van der Waals surface area contributed by atoms with E-state index in [1.165, 1.54) is 0 Å². The molecule has 6 heteroatoms. The number of hydrogen-bond donors (Lipinski definition) is 1. The van der Waals surface area contributed by atoms with Crippen LogP contribution in [0, 0.1) is 4.64 Å². The molecule has 3 heterocycles. The number of H-pyrrole nitrogens is 1. The molecule has 1 saturated heterocycles. The van der Waals surface area contributed by atoms with Gasteiger partial charge in [-0.15, -0.1) is 0 Å². The summed E-state index contributed by atoms with van der Waals surface area (Å²) in [5, 5.41) is 4.10. The van der Waals surface area contributed by atoms with Gasteiger partial charge in [-0.25, -0.2) is 0 Å². The van der Waals surface area contributed by atoms with Crippen molar-refractivity contribution < 1.29 is 9.53 Å². The Kier molecular flexibility index (Phi) is 4.19. The molecule has 0 unspecified atom stereocenters. The molecule has 0 radical (unpaired) electrons. The van der Waals surface area contributed by atoms with Crippen molar-refractivity contribution in [1.82, 2.24) is 9.88 Å². The Hall–Kier alpha value is -1.50. The van der Waals surface area contributed by atoms with Crippen LogP contribution in [0.4, 0.5) is 0 Å². The van der Waals surface area contributed by atoms with Crippen LogP contribution < -0.4 is 0 Å². The highest BCUT2D eigenvalue weighted by Gasteiger charge is 2.30. The van der Waals surface area contributed by atoms with Gasteiger partial charge in [0.2, 0.25) is 0 Å². The van der Waals surface area contributed by atoms with Crippen molar-refractivity contribution in [2.45, 2.75) is 19.1 Å². The SMILES string of the molecule is C[C@H]1CN(C(=O)c2ccc[nH]c2=S)C[C@@H](c2ccsc2)O1.